The van der Waals surface area contributed by atoms with E-state index in [4.69, 9.17) is 9.47 Å². The molecule has 7 heteroatoms. The van der Waals surface area contributed by atoms with Crippen LogP contribution >= 0.6 is 0 Å². The van der Waals surface area contributed by atoms with Crippen LogP contribution in [0.3, 0.4) is 0 Å². The first kappa shape index (κ1) is 23.4. The summed E-state index contributed by atoms with van der Waals surface area (Å²) in [5.41, 5.74) is 4.28. The third-order valence-corrected chi connectivity index (χ3v) is 6.89. The number of likely N-dealkylation sites (N-methyl/N-ethyl adjacent to an activating group) is 1. The number of piperazine rings is 1. The van der Waals surface area contributed by atoms with Crippen LogP contribution in [0.1, 0.15) is 40.4 Å². The second-order valence-electron chi connectivity index (χ2n) is 8.90. The van der Waals surface area contributed by atoms with E-state index in [-0.39, 0.29) is 11.9 Å². The fourth-order valence-corrected chi connectivity index (χ4v) is 4.97. The number of fused-ring (bicyclic) bond motifs is 1. The summed E-state index contributed by atoms with van der Waals surface area (Å²) in [6.07, 6.45) is 1.85. The van der Waals surface area contributed by atoms with Crippen LogP contribution in [-0.2, 0) is 6.54 Å². The molecular weight excluding hydrogens is 416 g/mol. The molecule has 7 nitrogen and oxygen atoms in total. The largest absolute Gasteiger partial charge is 0.493 e. The van der Waals surface area contributed by atoms with Gasteiger partial charge >= 0.3 is 0 Å². The van der Waals surface area contributed by atoms with Gasteiger partial charge in [-0.2, -0.15) is 0 Å². The zero-order chi connectivity index (χ0) is 23.4. The molecule has 33 heavy (non-hydrogen) atoms. The SMILES string of the molecule is CNCCC[C@H](c1ccc(OC)c(OC)c1)N1Cc2c(cccc2N2CCN(C)CC2)C1=O. The van der Waals surface area contributed by atoms with Crippen LogP contribution in [0.25, 0.3) is 0 Å². The Morgan fingerprint density at radius 3 is 2.48 bits per heavy atom. The van der Waals surface area contributed by atoms with Gasteiger partial charge in [0, 0.05) is 49.5 Å². The van der Waals surface area contributed by atoms with Crippen LogP contribution in [0, 0.1) is 0 Å². The normalized spacial score (nSPS) is 17.3. The van der Waals surface area contributed by atoms with Crippen molar-refractivity contribution in [1.29, 1.82) is 0 Å². The molecule has 0 spiro atoms. The summed E-state index contributed by atoms with van der Waals surface area (Å²) in [7, 11) is 7.42. The Kier molecular flexibility index (Phi) is 7.40. The molecule has 1 atom stereocenters. The molecule has 1 fully saturated rings. The predicted octanol–water partition coefficient (Wildman–Crippen LogP) is 3.15. The maximum Gasteiger partial charge on any atom is 0.255 e. The third-order valence-electron chi connectivity index (χ3n) is 6.89. The van der Waals surface area contributed by atoms with E-state index in [1.54, 1.807) is 14.2 Å². The van der Waals surface area contributed by atoms with Crippen LogP contribution in [-0.4, -0.2) is 76.7 Å². The number of benzene rings is 2. The molecule has 2 aliphatic rings. The number of hydrogen-bond acceptors (Lipinski definition) is 6. The molecule has 0 bridgehead atoms. The molecule has 4 rings (SSSR count). The molecule has 1 amide bonds. The van der Waals surface area contributed by atoms with Crippen molar-refractivity contribution in [2.45, 2.75) is 25.4 Å². The highest BCUT2D eigenvalue weighted by Gasteiger charge is 2.36. The lowest BCUT2D eigenvalue weighted by Gasteiger charge is -2.35. The molecule has 178 valence electrons. The standard InChI is InChI=1S/C26H36N4O3/c1-27-12-6-9-22(19-10-11-24(32-3)25(17-19)33-4)30-18-21-20(26(30)31)7-5-8-23(21)29-15-13-28(2)14-16-29/h5,7-8,10-11,17,22,27H,6,9,12-16,18H2,1-4H3/t22-/m1/s1. The monoisotopic (exact) mass is 452 g/mol. The van der Waals surface area contributed by atoms with Gasteiger partial charge in [0.15, 0.2) is 11.5 Å². The van der Waals surface area contributed by atoms with Gasteiger partial charge in [-0.05, 0) is 63.3 Å². The van der Waals surface area contributed by atoms with E-state index in [0.29, 0.717) is 18.0 Å². The lowest BCUT2D eigenvalue weighted by Crippen LogP contribution is -2.44. The molecule has 2 heterocycles. The van der Waals surface area contributed by atoms with Crippen molar-refractivity contribution in [3.63, 3.8) is 0 Å². The first-order valence-electron chi connectivity index (χ1n) is 11.8. The summed E-state index contributed by atoms with van der Waals surface area (Å²) in [6, 6.07) is 12.2. The number of ether oxygens (including phenoxy) is 2. The molecule has 0 saturated carbocycles. The molecule has 1 saturated heterocycles. The van der Waals surface area contributed by atoms with E-state index in [2.05, 4.69) is 34.3 Å². The number of amides is 1. The Hall–Kier alpha value is -2.77. The summed E-state index contributed by atoms with van der Waals surface area (Å²) in [5, 5.41) is 3.23. The number of rotatable bonds is 9. The third kappa shape index (κ3) is 4.80. The van der Waals surface area contributed by atoms with Gasteiger partial charge in [-0.25, -0.2) is 0 Å². The molecule has 0 aliphatic carbocycles. The predicted molar refractivity (Wildman–Crippen MR) is 131 cm³/mol. The molecule has 2 aliphatic heterocycles. The van der Waals surface area contributed by atoms with Crippen molar-refractivity contribution >= 4 is 11.6 Å². The smallest absolute Gasteiger partial charge is 0.255 e. The van der Waals surface area contributed by atoms with Crippen LogP contribution in [0.5, 0.6) is 11.5 Å². The topological polar surface area (TPSA) is 57.3 Å². The van der Waals surface area contributed by atoms with Gasteiger partial charge in [0.25, 0.3) is 5.91 Å². The Bertz CT molecular complexity index is 972. The Morgan fingerprint density at radius 2 is 1.79 bits per heavy atom. The molecule has 0 radical (unpaired) electrons. The maximum atomic E-state index is 13.6. The van der Waals surface area contributed by atoms with Crippen molar-refractivity contribution in [1.82, 2.24) is 15.1 Å². The van der Waals surface area contributed by atoms with Gasteiger partial charge in [-0.1, -0.05) is 12.1 Å². The van der Waals surface area contributed by atoms with E-state index >= 15 is 0 Å². The van der Waals surface area contributed by atoms with Gasteiger partial charge in [-0.3, -0.25) is 4.79 Å². The fraction of sp³-hybridized carbons (Fsp3) is 0.500. The van der Waals surface area contributed by atoms with Gasteiger partial charge in [-0.15, -0.1) is 0 Å². The Morgan fingerprint density at radius 1 is 1.03 bits per heavy atom. The molecule has 1 N–H and O–H groups in total. The number of hydrogen-bond donors (Lipinski definition) is 1. The second-order valence-corrected chi connectivity index (χ2v) is 8.90. The summed E-state index contributed by atoms with van der Waals surface area (Å²) in [4.78, 5) is 20.5. The Labute approximate surface area is 197 Å². The summed E-state index contributed by atoms with van der Waals surface area (Å²) < 4.78 is 11.0. The number of carbonyl (C=O) groups excluding carboxylic acids is 1. The number of anilines is 1. The minimum Gasteiger partial charge on any atom is -0.493 e. The van der Waals surface area contributed by atoms with E-state index in [1.807, 2.05) is 36.2 Å². The van der Waals surface area contributed by atoms with Gasteiger partial charge < -0.3 is 29.5 Å². The minimum absolute atomic E-state index is 0.0293. The summed E-state index contributed by atoms with van der Waals surface area (Å²) >= 11 is 0. The van der Waals surface area contributed by atoms with Crippen molar-refractivity contribution in [2.75, 3.05) is 65.9 Å². The molecule has 0 aromatic heterocycles. The number of nitrogens with one attached hydrogen (secondary N) is 1. The second kappa shape index (κ2) is 10.4. The molecule has 2 aromatic carbocycles. The molecule has 0 unspecified atom stereocenters. The number of nitrogens with zero attached hydrogens (tertiary/aromatic N) is 3. The van der Waals surface area contributed by atoms with Crippen molar-refractivity contribution in [3.8, 4) is 11.5 Å². The zero-order valence-electron chi connectivity index (χ0n) is 20.3. The quantitative estimate of drug-likeness (QED) is 0.590. The number of carbonyl (C=O) groups is 1. The summed E-state index contributed by atoms with van der Waals surface area (Å²) in [5.74, 6) is 1.50. The lowest BCUT2D eigenvalue weighted by molar-refractivity contribution is 0.0689. The van der Waals surface area contributed by atoms with Crippen molar-refractivity contribution in [2.24, 2.45) is 0 Å². The highest BCUT2D eigenvalue weighted by molar-refractivity contribution is 6.00. The molecule has 2 aromatic rings. The average Bonchev–Trinajstić information content (AvgIpc) is 3.18. The lowest BCUT2D eigenvalue weighted by atomic mass is 9.99. The van der Waals surface area contributed by atoms with E-state index in [0.717, 1.165) is 62.3 Å². The van der Waals surface area contributed by atoms with Gasteiger partial charge in [0.05, 0.1) is 20.3 Å². The van der Waals surface area contributed by atoms with E-state index < -0.39 is 0 Å². The Balaban J connectivity index is 1.65. The number of methoxy groups -OCH3 is 2. The van der Waals surface area contributed by atoms with Gasteiger partial charge in [0.2, 0.25) is 0 Å². The highest BCUT2D eigenvalue weighted by Crippen LogP contribution is 2.40. The van der Waals surface area contributed by atoms with E-state index in [1.165, 1.54) is 5.69 Å². The average molecular weight is 453 g/mol. The van der Waals surface area contributed by atoms with Crippen molar-refractivity contribution in [3.05, 3.63) is 53.1 Å². The van der Waals surface area contributed by atoms with Gasteiger partial charge in [0.1, 0.15) is 0 Å². The first-order valence-corrected chi connectivity index (χ1v) is 11.8. The van der Waals surface area contributed by atoms with E-state index in [9.17, 15) is 4.79 Å². The fourth-order valence-electron chi connectivity index (χ4n) is 4.97. The summed E-state index contributed by atoms with van der Waals surface area (Å²) in [6.45, 7) is 5.60. The first-order chi connectivity index (χ1) is 16.1. The minimum atomic E-state index is -0.0293. The van der Waals surface area contributed by atoms with Crippen LogP contribution in [0.2, 0.25) is 0 Å². The van der Waals surface area contributed by atoms with Crippen LogP contribution in [0.4, 0.5) is 5.69 Å². The van der Waals surface area contributed by atoms with Crippen LogP contribution in [0.15, 0.2) is 36.4 Å². The van der Waals surface area contributed by atoms with Crippen LogP contribution < -0.4 is 19.7 Å². The zero-order valence-corrected chi connectivity index (χ0v) is 20.3. The van der Waals surface area contributed by atoms with Crippen molar-refractivity contribution < 1.29 is 14.3 Å². The molecular formula is C26H36N4O3. The highest BCUT2D eigenvalue weighted by atomic mass is 16.5. The maximum absolute atomic E-state index is 13.6.